The van der Waals surface area contributed by atoms with Crippen molar-refractivity contribution in [1.29, 1.82) is 0 Å². The fourth-order valence-corrected chi connectivity index (χ4v) is 3.28. The Morgan fingerprint density at radius 2 is 1.83 bits per heavy atom. The fraction of sp³-hybridized carbons (Fsp3) is 0.200. The van der Waals surface area contributed by atoms with Crippen molar-refractivity contribution in [2.24, 2.45) is 0 Å². The van der Waals surface area contributed by atoms with E-state index in [0.717, 1.165) is 11.1 Å². The summed E-state index contributed by atoms with van der Waals surface area (Å²) in [6.07, 6.45) is 0. The van der Waals surface area contributed by atoms with Gasteiger partial charge in [-0.05, 0) is 48.4 Å². The first-order valence-electron chi connectivity index (χ1n) is 8.70. The van der Waals surface area contributed by atoms with Crippen LogP contribution in [0.2, 0.25) is 10.0 Å². The second kappa shape index (κ2) is 9.07. The number of carbonyl (C=O) groups is 2. The zero-order valence-corrected chi connectivity index (χ0v) is 17.3. The minimum atomic E-state index is -0.387. The van der Waals surface area contributed by atoms with Crippen LogP contribution >= 0.6 is 23.2 Å². The monoisotopic (exact) mass is 432 g/mol. The topological polar surface area (TPSA) is 86.1 Å². The number of hydrogen-bond acceptors (Lipinski definition) is 5. The van der Waals surface area contributed by atoms with E-state index in [1.165, 1.54) is 6.92 Å². The number of hydrogen-bond donors (Lipinski definition) is 1. The molecule has 1 aromatic heterocycles. The summed E-state index contributed by atoms with van der Waals surface area (Å²) in [7, 11) is 0. The molecule has 0 aliphatic heterocycles. The lowest BCUT2D eigenvalue weighted by Gasteiger charge is -2.08. The van der Waals surface area contributed by atoms with Gasteiger partial charge in [-0.15, -0.1) is 5.10 Å². The molecule has 0 saturated carbocycles. The van der Waals surface area contributed by atoms with E-state index < -0.39 is 0 Å². The highest BCUT2D eigenvalue weighted by Crippen LogP contribution is 2.20. The molecule has 0 atom stereocenters. The van der Waals surface area contributed by atoms with Crippen molar-refractivity contribution in [1.82, 2.24) is 15.0 Å². The van der Waals surface area contributed by atoms with Gasteiger partial charge in [-0.1, -0.05) is 40.5 Å². The molecule has 9 heteroatoms. The van der Waals surface area contributed by atoms with Gasteiger partial charge < -0.3 is 10.1 Å². The predicted molar refractivity (Wildman–Crippen MR) is 110 cm³/mol. The van der Waals surface area contributed by atoms with Gasteiger partial charge >= 0.3 is 5.97 Å². The third kappa shape index (κ3) is 5.56. The normalized spacial score (nSPS) is 10.6. The number of esters is 1. The lowest BCUT2D eigenvalue weighted by molar-refractivity contribution is -0.142. The summed E-state index contributed by atoms with van der Waals surface area (Å²) in [6, 6.07) is 12.2. The predicted octanol–water partition coefficient (Wildman–Crippen LogP) is 4.26. The van der Waals surface area contributed by atoms with Gasteiger partial charge in [0, 0.05) is 22.7 Å². The van der Waals surface area contributed by atoms with Crippen molar-refractivity contribution >= 4 is 40.8 Å². The smallest absolute Gasteiger partial charge is 0.302 e. The van der Waals surface area contributed by atoms with Crippen LogP contribution < -0.4 is 5.32 Å². The summed E-state index contributed by atoms with van der Waals surface area (Å²) in [6.45, 7) is 3.62. The Kier molecular flexibility index (Phi) is 6.51. The summed E-state index contributed by atoms with van der Waals surface area (Å²) >= 11 is 12.1. The highest BCUT2D eigenvalue weighted by atomic mass is 35.5. The number of halogens is 2. The van der Waals surface area contributed by atoms with Crippen molar-refractivity contribution in [3.63, 3.8) is 0 Å². The van der Waals surface area contributed by atoms with E-state index in [-0.39, 0.29) is 24.2 Å². The van der Waals surface area contributed by atoms with Gasteiger partial charge in [0.05, 0.1) is 12.2 Å². The van der Waals surface area contributed by atoms with Crippen molar-refractivity contribution in [3.8, 4) is 0 Å². The van der Waals surface area contributed by atoms with Gasteiger partial charge in [-0.25, -0.2) is 4.68 Å². The number of aromatic nitrogens is 3. The van der Waals surface area contributed by atoms with Gasteiger partial charge in [0.1, 0.15) is 6.61 Å². The highest BCUT2D eigenvalue weighted by Gasteiger charge is 2.17. The van der Waals surface area contributed by atoms with E-state index in [1.54, 1.807) is 54.1 Å². The van der Waals surface area contributed by atoms with Crippen LogP contribution in [0.25, 0.3) is 0 Å². The zero-order valence-electron chi connectivity index (χ0n) is 15.8. The molecule has 0 radical (unpaired) electrons. The molecule has 1 N–H and O–H groups in total. The molecule has 0 aliphatic rings. The summed E-state index contributed by atoms with van der Waals surface area (Å²) in [5.41, 5.74) is 2.99. The number of carbonyl (C=O) groups excluding carboxylic acids is 2. The number of rotatable bonds is 6. The van der Waals surface area contributed by atoms with Gasteiger partial charge in [0.2, 0.25) is 0 Å². The largest absolute Gasteiger partial charge is 0.461 e. The lowest BCUT2D eigenvalue weighted by Crippen LogP contribution is -2.14. The maximum absolute atomic E-state index is 12.6. The Hall–Kier alpha value is -2.90. The molecule has 0 bridgehead atoms. The van der Waals surface area contributed by atoms with E-state index >= 15 is 0 Å². The molecule has 29 heavy (non-hydrogen) atoms. The Labute approximate surface area is 177 Å². The molecule has 0 saturated heterocycles. The van der Waals surface area contributed by atoms with E-state index in [2.05, 4.69) is 15.6 Å². The standard InChI is InChI=1S/C20H18Cl2N4O3/c1-12-19(24-25-26(12)10-15-6-16(21)9-17(22)7-15)20(28)23-18-5-3-4-14(8-18)11-29-13(2)27/h3-9H,10-11H2,1-2H3,(H,23,28). The van der Waals surface area contributed by atoms with E-state index in [0.29, 0.717) is 28.0 Å². The Morgan fingerprint density at radius 3 is 2.52 bits per heavy atom. The van der Waals surface area contributed by atoms with Crippen LogP contribution in [-0.2, 0) is 22.7 Å². The number of benzene rings is 2. The number of ether oxygens (including phenoxy) is 1. The van der Waals surface area contributed by atoms with Gasteiger partial charge in [0.15, 0.2) is 5.69 Å². The van der Waals surface area contributed by atoms with E-state index in [4.69, 9.17) is 27.9 Å². The molecule has 150 valence electrons. The second-order valence-corrected chi connectivity index (χ2v) is 7.27. The SMILES string of the molecule is CC(=O)OCc1cccc(NC(=O)c2nnn(Cc3cc(Cl)cc(Cl)c3)c2C)c1. The first-order valence-corrected chi connectivity index (χ1v) is 9.46. The summed E-state index contributed by atoms with van der Waals surface area (Å²) < 4.78 is 6.58. The minimum absolute atomic E-state index is 0.135. The number of nitrogens with zero attached hydrogens (tertiary/aromatic N) is 3. The molecule has 0 unspecified atom stereocenters. The molecule has 0 aliphatic carbocycles. The van der Waals surface area contributed by atoms with Gasteiger partial charge in [-0.2, -0.15) is 0 Å². The molecule has 1 amide bonds. The highest BCUT2D eigenvalue weighted by molar-refractivity contribution is 6.34. The van der Waals surface area contributed by atoms with E-state index in [9.17, 15) is 9.59 Å². The molecule has 2 aromatic carbocycles. The number of anilines is 1. The quantitative estimate of drug-likeness (QED) is 0.588. The average Bonchev–Trinajstić information content (AvgIpc) is 3.00. The van der Waals surface area contributed by atoms with Crippen molar-refractivity contribution in [3.05, 3.63) is 75.0 Å². The zero-order chi connectivity index (χ0) is 21.0. The Morgan fingerprint density at radius 1 is 1.10 bits per heavy atom. The summed E-state index contributed by atoms with van der Waals surface area (Å²) in [4.78, 5) is 23.6. The van der Waals surface area contributed by atoms with Crippen LogP contribution in [0.5, 0.6) is 0 Å². The first kappa shape index (κ1) is 20.8. The molecule has 0 spiro atoms. The molecule has 3 rings (SSSR count). The fourth-order valence-electron chi connectivity index (χ4n) is 2.71. The van der Waals surface area contributed by atoms with E-state index in [1.807, 2.05) is 0 Å². The Balaban J connectivity index is 1.72. The van der Waals surface area contributed by atoms with Crippen molar-refractivity contribution in [2.45, 2.75) is 27.0 Å². The average molecular weight is 433 g/mol. The molecular formula is C20H18Cl2N4O3. The summed E-state index contributed by atoms with van der Waals surface area (Å²) in [5.74, 6) is -0.754. The molecular weight excluding hydrogens is 415 g/mol. The molecule has 7 nitrogen and oxygen atoms in total. The number of nitrogens with one attached hydrogen (secondary N) is 1. The van der Waals surface area contributed by atoms with Crippen LogP contribution in [0.15, 0.2) is 42.5 Å². The second-order valence-electron chi connectivity index (χ2n) is 6.39. The molecule has 0 fully saturated rings. The minimum Gasteiger partial charge on any atom is -0.461 e. The van der Waals surface area contributed by atoms with Gasteiger partial charge in [-0.3, -0.25) is 9.59 Å². The maximum Gasteiger partial charge on any atom is 0.302 e. The van der Waals surface area contributed by atoms with Crippen LogP contribution in [-0.4, -0.2) is 26.9 Å². The maximum atomic E-state index is 12.6. The van der Waals surface area contributed by atoms with Crippen LogP contribution in [0.3, 0.4) is 0 Å². The van der Waals surface area contributed by atoms with Crippen LogP contribution in [0, 0.1) is 6.92 Å². The summed E-state index contributed by atoms with van der Waals surface area (Å²) in [5, 5.41) is 11.9. The Bertz CT molecular complexity index is 1050. The molecule has 1 heterocycles. The third-order valence-electron chi connectivity index (χ3n) is 4.08. The van der Waals surface area contributed by atoms with Gasteiger partial charge in [0.25, 0.3) is 5.91 Å². The van der Waals surface area contributed by atoms with Crippen molar-refractivity contribution < 1.29 is 14.3 Å². The first-order chi connectivity index (χ1) is 13.8. The van der Waals surface area contributed by atoms with Crippen LogP contribution in [0.4, 0.5) is 5.69 Å². The van der Waals surface area contributed by atoms with Crippen molar-refractivity contribution in [2.75, 3.05) is 5.32 Å². The third-order valence-corrected chi connectivity index (χ3v) is 4.52. The van der Waals surface area contributed by atoms with Crippen LogP contribution in [0.1, 0.15) is 34.2 Å². The lowest BCUT2D eigenvalue weighted by atomic mass is 10.2. The number of amides is 1. The molecule has 3 aromatic rings.